The van der Waals surface area contributed by atoms with Crippen LogP contribution in [0.4, 0.5) is 5.69 Å². The first kappa shape index (κ1) is 18.6. The lowest BCUT2D eigenvalue weighted by Crippen LogP contribution is -2.35. The summed E-state index contributed by atoms with van der Waals surface area (Å²) in [6.07, 6.45) is 1.57. The molecule has 1 heterocycles. The van der Waals surface area contributed by atoms with Gasteiger partial charge in [0.2, 0.25) is 0 Å². The normalized spacial score (nSPS) is 15.7. The van der Waals surface area contributed by atoms with Crippen molar-refractivity contribution in [3.63, 3.8) is 0 Å². The molecule has 1 aliphatic rings. The number of amides is 2. The van der Waals surface area contributed by atoms with E-state index in [-0.39, 0.29) is 5.57 Å². The van der Waals surface area contributed by atoms with Gasteiger partial charge in [0.15, 0.2) is 0 Å². The van der Waals surface area contributed by atoms with E-state index < -0.39 is 11.8 Å². The van der Waals surface area contributed by atoms with E-state index in [0.29, 0.717) is 17.0 Å². The summed E-state index contributed by atoms with van der Waals surface area (Å²) in [6, 6.07) is 11.0. The predicted molar refractivity (Wildman–Crippen MR) is 116 cm³/mol. The predicted octanol–water partition coefficient (Wildman–Crippen LogP) is 4.13. The third kappa shape index (κ3) is 3.85. The van der Waals surface area contributed by atoms with Gasteiger partial charge in [-0.05, 0) is 87.7 Å². The molecule has 25 heavy (non-hydrogen) atoms. The van der Waals surface area contributed by atoms with Crippen molar-refractivity contribution in [2.45, 2.75) is 0 Å². The largest absolute Gasteiger partial charge is 0.495 e. The number of hydrogen-bond donors (Lipinski definition) is 1. The molecule has 3 rings (SSSR count). The number of ether oxygens (including phenoxy) is 1. The molecule has 128 valence electrons. The van der Waals surface area contributed by atoms with Gasteiger partial charge in [0.1, 0.15) is 11.3 Å². The third-order valence-corrected chi connectivity index (χ3v) is 5.47. The van der Waals surface area contributed by atoms with Crippen LogP contribution in [0.25, 0.3) is 6.08 Å². The van der Waals surface area contributed by atoms with E-state index in [1.54, 1.807) is 37.5 Å². The van der Waals surface area contributed by atoms with Gasteiger partial charge in [-0.1, -0.05) is 15.9 Å². The second kappa shape index (κ2) is 7.62. The summed E-state index contributed by atoms with van der Waals surface area (Å²) >= 11 is 7.70. The summed E-state index contributed by atoms with van der Waals surface area (Å²) in [6.45, 7) is 0. The van der Waals surface area contributed by atoms with E-state index in [2.05, 4.69) is 66.5 Å². The second-order valence-electron chi connectivity index (χ2n) is 5.13. The molecule has 1 saturated heterocycles. The van der Waals surface area contributed by atoms with Crippen LogP contribution in [0.15, 0.2) is 46.4 Å². The SMILES string of the molecule is COc1c(I)cc(I)cc1/C=C1/C(=O)NN(c2ccc(Br)cc2)C1=O. The molecule has 0 aliphatic carbocycles. The van der Waals surface area contributed by atoms with Crippen LogP contribution in [0.1, 0.15) is 5.56 Å². The van der Waals surface area contributed by atoms with Crippen molar-refractivity contribution in [1.29, 1.82) is 0 Å². The minimum Gasteiger partial charge on any atom is -0.495 e. The summed E-state index contributed by atoms with van der Waals surface area (Å²) in [5.74, 6) is -0.205. The summed E-state index contributed by atoms with van der Waals surface area (Å²) in [4.78, 5) is 25.0. The molecular formula is C17H11BrI2N2O3. The Bertz CT molecular complexity index is 898. The molecule has 2 amide bonds. The Hall–Kier alpha value is -1.14. The number of benzene rings is 2. The molecule has 0 saturated carbocycles. The van der Waals surface area contributed by atoms with E-state index in [9.17, 15) is 9.59 Å². The first-order valence-corrected chi connectivity index (χ1v) is 10.0. The van der Waals surface area contributed by atoms with E-state index in [1.165, 1.54) is 5.01 Å². The zero-order valence-electron chi connectivity index (χ0n) is 12.8. The molecule has 2 aromatic carbocycles. The van der Waals surface area contributed by atoms with Crippen LogP contribution in [0, 0.1) is 7.14 Å². The van der Waals surface area contributed by atoms with E-state index in [0.717, 1.165) is 11.6 Å². The van der Waals surface area contributed by atoms with Gasteiger partial charge in [0.25, 0.3) is 11.8 Å². The fourth-order valence-corrected chi connectivity index (χ4v) is 4.76. The van der Waals surface area contributed by atoms with Gasteiger partial charge in [-0.3, -0.25) is 15.0 Å². The molecule has 0 unspecified atom stereocenters. The Kier molecular flexibility index (Phi) is 5.68. The van der Waals surface area contributed by atoms with Crippen molar-refractivity contribution in [2.24, 2.45) is 0 Å². The molecule has 0 aromatic heterocycles. The van der Waals surface area contributed by atoms with Gasteiger partial charge in [0, 0.05) is 13.6 Å². The highest BCUT2D eigenvalue weighted by Gasteiger charge is 2.34. The highest BCUT2D eigenvalue weighted by Crippen LogP contribution is 2.31. The molecule has 0 radical (unpaired) electrons. The highest BCUT2D eigenvalue weighted by molar-refractivity contribution is 14.1. The fraction of sp³-hybridized carbons (Fsp3) is 0.0588. The number of rotatable bonds is 3. The minimum absolute atomic E-state index is 0.0685. The van der Waals surface area contributed by atoms with Gasteiger partial charge in [-0.25, -0.2) is 5.01 Å². The van der Waals surface area contributed by atoms with Crippen LogP contribution in [-0.2, 0) is 9.59 Å². The number of hydrazine groups is 1. The van der Waals surface area contributed by atoms with Crippen LogP contribution in [0.2, 0.25) is 0 Å². The molecular weight excluding hydrogens is 614 g/mol. The Morgan fingerprint density at radius 3 is 2.48 bits per heavy atom. The molecule has 8 heteroatoms. The van der Waals surface area contributed by atoms with E-state index in [4.69, 9.17) is 4.74 Å². The number of halogens is 3. The Balaban J connectivity index is 2.01. The van der Waals surface area contributed by atoms with Gasteiger partial charge < -0.3 is 4.74 Å². The summed E-state index contributed by atoms with van der Waals surface area (Å²) in [5, 5.41) is 1.24. The number of methoxy groups -OCH3 is 1. The number of hydrogen-bond acceptors (Lipinski definition) is 3. The van der Waals surface area contributed by atoms with E-state index in [1.807, 2.05) is 12.1 Å². The van der Waals surface area contributed by atoms with Crippen LogP contribution in [0.5, 0.6) is 5.75 Å². The molecule has 5 nitrogen and oxygen atoms in total. The lowest BCUT2D eigenvalue weighted by atomic mass is 10.1. The van der Waals surface area contributed by atoms with Gasteiger partial charge in [-0.15, -0.1) is 0 Å². The van der Waals surface area contributed by atoms with Gasteiger partial charge in [-0.2, -0.15) is 0 Å². The molecule has 2 aromatic rings. The van der Waals surface area contributed by atoms with Crippen LogP contribution in [-0.4, -0.2) is 18.9 Å². The number of nitrogens with zero attached hydrogens (tertiary/aromatic N) is 1. The van der Waals surface area contributed by atoms with Gasteiger partial charge >= 0.3 is 0 Å². The third-order valence-electron chi connectivity index (χ3n) is 3.52. The quantitative estimate of drug-likeness (QED) is 0.318. The Labute approximate surface area is 180 Å². The van der Waals surface area contributed by atoms with Crippen molar-refractivity contribution in [2.75, 3.05) is 12.1 Å². The van der Waals surface area contributed by atoms with Crippen molar-refractivity contribution < 1.29 is 14.3 Å². The summed E-state index contributed by atoms with van der Waals surface area (Å²) in [5.41, 5.74) is 3.94. The van der Waals surface area contributed by atoms with Crippen molar-refractivity contribution >= 4 is 84.7 Å². The summed E-state index contributed by atoms with van der Waals surface area (Å²) < 4.78 is 8.21. The highest BCUT2D eigenvalue weighted by atomic mass is 127. The zero-order valence-corrected chi connectivity index (χ0v) is 18.7. The smallest absolute Gasteiger partial charge is 0.282 e. The van der Waals surface area contributed by atoms with Crippen molar-refractivity contribution in [3.05, 3.63) is 59.1 Å². The maximum atomic E-state index is 12.7. The molecule has 0 spiro atoms. The average Bonchev–Trinajstić information content (AvgIpc) is 2.83. The number of anilines is 1. The van der Waals surface area contributed by atoms with Crippen molar-refractivity contribution in [3.8, 4) is 5.75 Å². The standard InChI is InChI=1S/C17H11BrI2N2O3/c1-25-15-9(6-11(19)8-14(15)20)7-13-16(23)21-22(17(13)24)12-4-2-10(18)3-5-12/h2-8H,1H3,(H,21,23)/b13-7-. The second-order valence-corrected chi connectivity index (χ2v) is 8.45. The Morgan fingerprint density at radius 2 is 1.84 bits per heavy atom. The summed E-state index contributed by atoms with van der Waals surface area (Å²) in [7, 11) is 1.57. The lowest BCUT2D eigenvalue weighted by Gasteiger charge is -2.14. The van der Waals surface area contributed by atoms with Crippen LogP contribution < -0.4 is 15.2 Å². The Morgan fingerprint density at radius 1 is 1.16 bits per heavy atom. The topological polar surface area (TPSA) is 58.6 Å². The van der Waals surface area contributed by atoms with Crippen molar-refractivity contribution in [1.82, 2.24) is 5.43 Å². The lowest BCUT2D eigenvalue weighted by molar-refractivity contribution is -0.117. The number of nitrogens with one attached hydrogen (secondary N) is 1. The number of carbonyl (C=O) groups is 2. The molecule has 1 aliphatic heterocycles. The number of carbonyl (C=O) groups excluding carboxylic acids is 2. The zero-order chi connectivity index (χ0) is 18.1. The molecule has 0 bridgehead atoms. The molecule has 1 fully saturated rings. The maximum Gasteiger partial charge on any atom is 0.282 e. The maximum absolute atomic E-state index is 12.7. The first-order valence-electron chi connectivity index (χ1n) is 7.06. The molecule has 1 N–H and O–H groups in total. The fourth-order valence-electron chi connectivity index (χ4n) is 2.39. The van der Waals surface area contributed by atoms with E-state index >= 15 is 0 Å². The minimum atomic E-state index is -0.441. The molecule has 0 atom stereocenters. The van der Waals surface area contributed by atoms with Crippen LogP contribution in [0.3, 0.4) is 0 Å². The first-order chi connectivity index (χ1) is 11.9. The average molecular weight is 625 g/mol. The van der Waals surface area contributed by atoms with Crippen LogP contribution >= 0.6 is 61.1 Å². The monoisotopic (exact) mass is 624 g/mol. The van der Waals surface area contributed by atoms with Gasteiger partial charge in [0.05, 0.1) is 16.4 Å².